The number of ketones is 2. The molecule has 0 aromatic heterocycles. The van der Waals surface area contributed by atoms with E-state index in [0.717, 1.165) is 0 Å². The fourth-order valence-corrected chi connectivity index (χ4v) is 3.09. The smallest absolute Gasteiger partial charge is 0.146 e. The lowest BCUT2D eigenvalue weighted by Gasteiger charge is -2.06. The fraction of sp³-hybridized carbons (Fsp3) is 0.300. The third-order valence-electron chi connectivity index (χ3n) is 3.83. The number of halogens is 5. The molecular weight excluding hydrogens is 538 g/mol. The van der Waals surface area contributed by atoms with E-state index >= 15 is 0 Å². The molecule has 0 aliphatic rings. The minimum absolute atomic E-state index is 0.00212. The summed E-state index contributed by atoms with van der Waals surface area (Å²) in [5.74, 6) is -0.438. The van der Waals surface area contributed by atoms with Crippen LogP contribution in [0.2, 0.25) is 10.0 Å². The van der Waals surface area contributed by atoms with E-state index in [2.05, 4.69) is 31.9 Å². The summed E-state index contributed by atoms with van der Waals surface area (Å²) < 4.78 is 14.6. The van der Waals surface area contributed by atoms with Crippen LogP contribution in [0.4, 0.5) is 4.39 Å². The van der Waals surface area contributed by atoms with Gasteiger partial charge in [0.1, 0.15) is 23.1 Å². The molecule has 0 atom stereocenters. The fourth-order valence-electron chi connectivity index (χ4n) is 2.10. The van der Waals surface area contributed by atoms with Crippen molar-refractivity contribution in [3.8, 4) is 5.75 Å². The summed E-state index contributed by atoms with van der Waals surface area (Å²) in [7, 11) is 0. The van der Waals surface area contributed by atoms with Gasteiger partial charge in [0.05, 0.1) is 10.0 Å². The van der Waals surface area contributed by atoms with Gasteiger partial charge in [-0.05, 0) is 49.6 Å². The van der Waals surface area contributed by atoms with E-state index in [1.165, 1.54) is 0 Å². The maximum absolute atomic E-state index is 13.4. The van der Waals surface area contributed by atoms with E-state index in [9.17, 15) is 19.1 Å². The van der Waals surface area contributed by atoms with Crippen molar-refractivity contribution in [3.63, 3.8) is 0 Å². The van der Waals surface area contributed by atoms with Gasteiger partial charge in [-0.15, -0.1) is 0 Å². The Morgan fingerprint density at radius 1 is 0.893 bits per heavy atom. The standard InChI is InChI=1S/C10H9BrClFO.C10H10BrClO2/c1-2-7(14)5-6-3-4-8(11)9(12)10(6)13;1-2-7(13)5-6-3-4-8(11)9(12)10(6)14/h3-4H,2,5H2,1H3;3-4,14H,2,5H2,1H3. The van der Waals surface area contributed by atoms with E-state index in [-0.39, 0.29) is 40.2 Å². The van der Waals surface area contributed by atoms with Crippen LogP contribution in [0.1, 0.15) is 37.8 Å². The summed E-state index contributed by atoms with van der Waals surface area (Å²) in [4.78, 5) is 22.3. The second-order valence-electron chi connectivity index (χ2n) is 5.84. The van der Waals surface area contributed by atoms with Crippen molar-refractivity contribution in [1.82, 2.24) is 0 Å². The highest BCUT2D eigenvalue weighted by molar-refractivity contribution is 9.10. The molecule has 8 heteroatoms. The predicted octanol–water partition coefficient (Wildman–Crippen LogP) is 7.09. The first-order valence-electron chi connectivity index (χ1n) is 8.43. The highest BCUT2D eigenvalue weighted by atomic mass is 79.9. The van der Waals surface area contributed by atoms with Crippen LogP contribution in [0.15, 0.2) is 33.2 Å². The molecule has 2 rings (SSSR count). The maximum atomic E-state index is 13.4. The highest BCUT2D eigenvalue weighted by Gasteiger charge is 2.12. The summed E-state index contributed by atoms with van der Waals surface area (Å²) in [5, 5.41) is 9.90. The van der Waals surface area contributed by atoms with Crippen LogP contribution in [-0.2, 0) is 22.4 Å². The van der Waals surface area contributed by atoms with E-state index < -0.39 is 5.82 Å². The van der Waals surface area contributed by atoms with E-state index in [4.69, 9.17) is 23.2 Å². The molecule has 1 N–H and O–H groups in total. The number of Topliss-reactive ketones (excluding diaryl/α,β-unsaturated/α-hetero) is 2. The molecular formula is C20H19Br2Cl2FO3. The van der Waals surface area contributed by atoms with Gasteiger partial charge in [-0.1, -0.05) is 49.2 Å². The molecule has 2 aromatic rings. The number of phenols is 1. The molecule has 28 heavy (non-hydrogen) atoms. The predicted molar refractivity (Wildman–Crippen MR) is 118 cm³/mol. The average molecular weight is 557 g/mol. The van der Waals surface area contributed by atoms with Gasteiger partial charge in [0.2, 0.25) is 0 Å². The van der Waals surface area contributed by atoms with Crippen LogP contribution in [0, 0.1) is 5.82 Å². The second-order valence-corrected chi connectivity index (χ2v) is 8.31. The van der Waals surface area contributed by atoms with E-state index in [1.54, 1.807) is 38.1 Å². The monoisotopic (exact) mass is 554 g/mol. The number of rotatable bonds is 6. The lowest BCUT2D eigenvalue weighted by Crippen LogP contribution is -2.03. The van der Waals surface area contributed by atoms with Gasteiger partial charge in [-0.3, -0.25) is 9.59 Å². The number of carbonyl (C=O) groups is 2. The second kappa shape index (κ2) is 11.9. The molecule has 3 nitrogen and oxygen atoms in total. The molecule has 2 aromatic carbocycles. The molecule has 0 saturated carbocycles. The van der Waals surface area contributed by atoms with Crippen molar-refractivity contribution in [2.75, 3.05) is 0 Å². The topological polar surface area (TPSA) is 54.4 Å². The summed E-state index contributed by atoms with van der Waals surface area (Å²) in [6.07, 6.45) is 1.21. The minimum Gasteiger partial charge on any atom is -0.506 e. The summed E-state index contributed by atoms with van der Waals surface area (Å²) in [6.45, 7) is 3.54. The zero-order valence-electron chi connectivity index (χ0n) is 15.3. The van der Waals surface area contributed by atoms with Gasteiger partial charge in [-0.25, -0.2) is 4.39 Å². The SMILES string of the molecule is CCC(=O)Cc1ccc(Br)c(Cl)c1F.CCC(=O)Cc1ccc(Br)c(Cl)c1O. The Morgan fingerprint density at radius 3 is 1.82 bits per heavy atom. The van der Waals surface area contributed by atoms with Gasteiger partial charge in [0, 0.05) is 40.2 Å². The van der Waals surface area contributed by atoms with Gasteiger partial charge in [0.25, 0.3) is 0 Å². The summed E-state index contributed by atoms with van der Waals surface area (Å²) in [5.41, 5.74) is 0.926. The average Bonchev–Trinajstić information content (AvgIpc) is 2.69. The molecule has 0 unspecified atom stereocenters. The van der Waals surface area contributed by atoms with Crippen LogP contribution in [0.3, 0.4) is 0 Å². The van der Waals surface area contributed by atoms with Crippen molar-refractivity contribution >= 4 is 66.6 Å². The van der Waals surface area contributed by atoms with Crippen LogP contribution in [0.5, 0.6) is 5.75 Å². The summed E-state index contributed by atoms with van der Waals surface area (Å²) in [6, 6.07) is 6.63. The van der Waals surface area contributed by atoms with Crippen LogP contribution in [-0.4, -0.2) is 16.7 Å². The molecule has 0 bridgehead atoms. The van der Waals surface area contributed by atoms with Crippen molar-refractivity contribution in [1.29, 1.82) is 0 Å². The molecule has 0 aliphatic heterocycles. The van der Waals surface area contributed by atoms with Crippen molar-refractivity contribution < 1.29 is 19.1 Å². The zero-order chi connectivity index (χ0) is 21.4. The van der Waals surface area contributed by atoms with Crippen LogP contribution >= 0.6 is 55.1 Å². The van der Waals surface area contributed by atoms with E-state index in [1.807, 2.05) is 0 Å². The quantitative estimate of drug-likeness (QED) is 0.386. The zero-order valence-corrected chi connectivity index (χ0v) is 20.0. The van der Waals surface area contributed by atoms with Crippen LogP contribution < -0.4 is 0 Å². The number of aromatic hydroxyl groups is 1. The molecule has 0 fully saturated rings. The minimum atomic E-state index is -0.511. The summed E-state index contributed by atoms with van der Waals surface area (Å²) >= 11 is 17.8. The van der Waals surface area contributed by atoms with Crippen molar-refractivity contribution in [3.05, 3.63) is 60.2 Å². The van der Waals surface area contributed by atoms with Crippen LogP contribution in [0.25, 0.3) is 0 Å². The Hall–Kier alpha value is -0.950. The Kier molecular flexibility index (Phi) is 10.7. The lowest BCUT2D eigenvalue weighted by atomic mass is 10.1. The number of benzene rings is 2. The molecule has 0 amide bonds. The Morgan fingerprint density at radius 2 is 1.32 bits per heavy atom. The van der Waals surface area contributed by atoms with Gasteiger partial charge in [-0.2, -0.15) is 0 Å². The Labute approximate surface area is 190 Å². The lowest BCUT2D eigenvalue weighted by molar-refractivity contribution is -0.119. The first-order valence-corrected chi connectivity index (χ1v) is 10.8. The first kappa shape index (κ1) is 25.1. The highest BCUT2D eigenvalue weighted by Crippen LogP contribution is 2.34. The van der Waals surface area contributed by atoms with Crippen molar-refractivity contribution in [2.45, 2.75) is 39.5 Å². The normalized spacial score (nSPS) is 10.2. The third kappa shape index (κ3) is 7.14. The van der Waals surface area contributed by atoms with Gasteiger partial charge in [0.15, 0.2) is 0 Å². The largest absolute Gasteiger partial charge is 0.506 e. The van der Waals surface area contributed by atoms with E-state index in [0.29, 0.717) is 32.9 Å². The van der Waals surface area contributed by atoms with Gasteiger partial charge >= 0.3 is 0 Å². The number of phenolic OH excluding ortho intramolecular Hbond substituents is 1. The third-order valence-corrected chi connectivity index (χ3v) is 6.36. The van der Waals surface area contributed by atoms with Crippen molar-refractivity contribution in [2.24, 2.45) is 0 Å². The maximum Gasteiger partial charge on any atom is 0.146 e. The Bertz CT molecular complexity index is 802. The molecule has 0 heterocycles. The molecule has 0 spiro atoms. The Balaban J connectivity index is 0.000000280. The molecule has 0 aliphatic carbocycles. The molecule has 0 radical (unpaired) electrons. The van der Waals surface area contributed by atoms with Gasteiger partial charge < -0.3 is 5.11 Å². The molecule has 152 valence electrons. The number of hydrogen-bond donors (Lipinski definition) is 1. The molecule has 0 saturated heterocycles. The number of hydrogen-bond acceptors (Lipinski definition) is 3. The first-order chi connectivity index (χ1) is 13.1. The number of carbonyl (C=O) groups excluding carboxylic acids is 2.